The molecule has 4 heteroatoms. The number of rotatable bonds is 6. The van der Waals surface area contributed by atoms with Crippen molar-refractivity contribution >= 4 is 23.1 Å². The molecule has 0 saturated carbocycles. The third-order valence-electron chi connectivity index (χ3n) is 3.76. The van der Waals surface area contributed by atoms with Gasteiger partial charge in [-0.2, -0.15) is 0 Å². The molecule has 0 aromatic carbocycles. The molecule has 2 nitrogen and oxygen atoms in total. The molecule has 0 amide bonds. The maximum atomic E-state index is 9.26. The molecule has 0 aliphatic carbocycles. The first-order chi connectivity index (χ1) is 9.02. The van der Waals surface area contributed by atoms with E-state index in [1.807, 2.05) is 23.1 Å². The van der Waals surface area contributed by atoms with Crippen LogP contribution < -0.4 is 5.32 Å². The predicted octanol–water partition coefficient (Wildman–Crippen LogP) is 4.06. The summed E-state index contributed by atoms with van der Waals surface area (Å²) in [6.07, 6.45) is 3.42. The summed E-state index contributed by atoms with van der Waals surface area (Å²) in [5.41, 5.74) is 1.56. The third kappa shape index (κ3) is 4.22. The number of thioether (sulfide) groups is 1. The van der Waals surface area contributed by atoms with E-state index in [0.29, 0.717) is 11.3 Å². The lowest BCUT2D eigenvalue weighted by Crippen LogP contribution is -2.28. The van der Waals surface area contributed by atoms with Gasteiger partial charge >= 0.3 is 0 Å². The van der Waals surface area contributed by atoms with Crippen molar-refractivity contribution in [3.05, 3.63) is 17.0 Å². The first kappa shape index (κ1) is 15.4. The molecule has 1 aromatic rings. The van der Waals surface area contributed by atoms with Crippen LogP contribution in [-0.2, 0) is 0 Å². The molecule has 0 spiro atoms. The molecule has 1 aliphatic heterocycles. The normalized spacial score (nSPS) is 23.4. The lowest BCUT2D eigenvalue weighted by molar-refractivity contribution is 0.147. The summed E-state index contributed by atoms with van der Waals surface area (Å²) in [7, 11) is 0. The highest BCUT2D eigenvalue weighted by Crippen LogP contribution is 2.43. The number of hydrogen-bond acceptors (Lipinski definition) is 4. The Bertz CT molecular complexity index is 403. The zero-order valence-electron chi connectivity index (χ0n) is 12.1. The SMILES string of the molecule is C[C@H]1CC(NCCCC(C)(C)CO)c2ccsc2S1. The van der Waals surface area contributed by atoms with Crippen LogP contribution in [0.2, 0.25) is 0 Å². The van der Waals surface area contributed by atoms with E-state index >= 15 is 0 Å². The molecule has 2 atom stereocenters. The molecular weight excluding hydrogens is 274 g/mol. The predicted molar refractivity (Wildman–Crippen MR) is 85.1 cm³/mol. The van der Waals surface area contributed by atoms with Gasteiger partial charge in [0.25, 0.3) is 0 Å². The molecule has 1 aliphatic rings. The van der Waals surface area contributed by atoms with Gasteiger partial charge in [-0.3, -0.25) is 0 Å². The quantitative estimate of drug-likeness (QED) is 0.777. The van der Waals surface area contributed by atoms with E-state index in [-0.39, 0.29) is 12.0 Å². The van der Waals surface area contributed by atoms with Gasteiger partial charge in [-0.25, -0.2) is 0 Å². The molecule has 0 saturated heterocycles. The van der Waals surface area contributed by atoms with Crippen LogP contribution in [-0.4, -0.2) is 23.5 Å². The Kier molecular flexibility index (Phi) is 5.35. The maximum absolute atomic E-state index is 9.26. The Hall–Kier alpha value is -0.0300. The van der Waals surface area contributed by atoms with Gasteiger partial charge in [0, 0.05) is 17.9 Å². The second-order valence-electron chi connectivity index (χ2n) is 6.26. The van der Waals surface area contributed by atoms with E-state index in [4.69, 9.17) is 0 Å². The van der Waals surface area contributed by atoms with Crippen molar-refractivity contribution in [1.82, 2.24) is 5.32 Å². The number of hydrogen-bond donors (Lipinski definition) is 2. The van der Waals surface area contributed by atoms with Crippen LogP contribution in [0.25, 0.3) is 0 Å². The molecule has 19 heavy (non-hydrogen) atoms. The molecule has 0 bridgehead atoms. The highest BCUT2D eigenvalue weighted by Gasteiger charge is 2.25. The number of aliphatic hydroxyl groups excluding tert-OH is 1. The van der Waals surface area contributed by atoms with Gasteiger partial charge in [0.1, 0.15) is 0 Å². The average Bonchev–Trinajstić information content (AvgIpc) is 2.82. The van der Waals surface area contributed by atoms with E-state index in [0.717, 1.165) is 19.4 Å². The minimum Gasteiger partial charge on any atom is -0.396 e. The lowest BCUT2D eigenvalue weighted by Gasteiger charge is -2.28. The number of fused-ring (bicyclic) bond motifs is 1. The Balaban J connectivity index is 1.81. The molecular formula is C15H25NOS2. The third-order valence-corrected chi connectivity index (χ3v) is 6.10. The highest BCUT2D eigenvalue weighted by molar-refractivity contribution is 8.01. The van der Waals surface area contributed by atoms with E-state index < -0.39 is 0 Å². The molecule has 1 unspecified atom stereocenters. The second-order valence-corrected chi connectivity index (χ2v) is 8.88. The highest BCUT2D eigenvalue weighted by atomic mass is 32.2. The molecule has 1 aromatic heterocycles. The fourth-order valence-corrected chi connectivity index (χ4v) is 5.03. The zero-order chi connectivity index (χ0) is 13.9. The number of nitrogens with one attached hydrogen (secondary N) is 1. The van der Waals surface area contributed by atoms with Crippen molar-refractivity contribution < 1.29 is 5.11 Å². The van der Waals surface area contributed by atoms with Gasteiger partial charge < -0.3 is 10.4 Å². The second kappa shape index (κ2) is 6.61. The van der Waals surface area contributed by atoms with Gasteiger partial charge in [0.15, 0.2) is 0 Å². The Morgan fingerprint density at radius 1 is 1.47 bits per heavy atom. The molecule has 0 fully saturated rings. The van der Waals surface area contributed by atoms with Gasteiger partial charge in [-0.1, -0.05) is 20.8 Å². The summed E-state index contributed by atoms with van der Waals surface area (Å²) in [6.45, 7) is 7.89. The topological polar surface area (TPSA) is 32.3 Å². The molecule has 108 valence electrons. The molecule has 2 rings (SSSR count). The first-order valence-electron chi connectivity index (χ1n) is 7.10. The standard InChI is InChI=1S/C15H25NOS2/c1-11-9-13(12-5-8-18-14(12)19-11)16-7-4-6-15(2,3)10-17/h5,8,11,13,16-17H,4,6-7,9-10H2,1-3H3/t11-,13?/m0/s1. The van der Waals surface area contributed by atoms with Crippen LogP contribution in [0.1, 0.15) is 51.6 Å². The van der Waals surface area contributed by atoms with Crippen molar-refractivity contribution in [2.24, 2.45) is 5.41 Å². The van der Waals surface area contributed by atoms with Gasteiger partial charge in [-0.15, -0.1) is 23.1 Å². The van der Waals surface area contributed by atoms with Crippen LogP contribution in [0.3, 0.4) is 0 Å². The van der Waals surface area contributed by atoms with Crippen molar-refractivity contribution in [3.63, 3.8) is 0 Å². The van der Waals surface area contributed by atoms with E-state index in [1.165, 1.54) is 16.2 Å². The maximum Gasteiger partial charge on any atom is 0.0649 e. The minimum atomic E-state index is 0.0604. The van der Waals surface area contributed by atoms with Crippen molar-refractivity contribution in [2.45, 2.75) is 55.5 Å². The monoisotopic (exact) mass is 299 g/mol. The van der Waals surface area contributed by atoms with E-state index in [1.54, 1.807) is 0 Å². The smallest absolute Gasteiger partial charge is 0.0649 e. The van der Waals surface area contributed by atoms with Crippen molar-refractivity contribution in [2.75, 3.05) is 13.2 Å². The van der Waals surface area contributed by atoms with Gasteiger partial charge in [0.05, 0.1) is 4.21 Å². The van der Waals surface area contributed by atoms with Crippen LogP contribution in [0.5, 0.6) is 0 Å². The van der Waals surface area contributed by atoms with Crippen molar-refractivity contribution in [3.8, 4) is 0 Å². The van der Waals surface area contributed by atoms with Crippen LogP contribution >= 0.6 is 23.1 Å². The van der Waals surface area contributed by atoms with Crippen LogP contribution in [0.4, 0.5) is 0 Å². The molecule has 2 heterocycles. The van der Waals surface area contributed by atoms with Crippen LogP contribution in [0, 0.1) is 5.41 Å². The Labute approximate surface area is 125 Å². The number of aliphatic hydroxyl groups is 1. The van der Waals surface area contributed by atoms with Gasteiger partial charge in [-0.05, 0) is 48.2 Å². The summed E-state index contributed by atoms with van der Waals surface area (Å²) in [4.78, 5) is 0. The lowest BCUT2D eigenvalue weighted by atomic mass is 9.89. The molecule has 0 radical (unpaired) electrons. The Morgan fingerprint density at radius 2 is 2.26 bits per heavy atom. The summed E-state index contributed by atoms with van der Waals surface area (Å²) in [6, 6.07) is 2.79. The summed E-state index contributed by atoms with van der Waals surface area (Å²) < 4.78 is 1.49. The summed E-state index contributed by atoms with van der Waals surface area (Å²) in [5.74, 6) is 0. The number of thiophene rings is 1. The summed E-state index contributed by atoms with van der Waals surface area (Å²) in [5, 5.41) is 15.9. The fraction of sp³-hybridized carbons (Fsp3) is 0.733. The molecule has 2 N–H and O–H groups in total. The fourth-order valence-electron chi connectivity index (χ4n) is 2.46. The van der Waals surface area contributed by atoms with E-state index in [9.17, 15) is 5.11 Å². The zero-order valence-corrected chi connectivity index (χ0v) is 13.7. The largest absolute Gasteiger partial charge is 0.396 e. The van der Waals surface area contributed by atoms with E-state index in [2.05, 4.69) is 37.5 Å². The average molecular weight is 300 g/mol. The van der Waals surface area contributed by atoms with Gasteiger partial charge in [0.2, 0.25) is 0 Å². The van der Waals surface area contributed by atoms with Crippen LogP contribution in [0.15, 0.2) is 15.7 Å². The Morgan fingerprint density at radius 3 is 3.00 bits per heavy atom. The van der Waals surface area contributed by atoms with Crippen molar-refractivity contribution in [1.29, 1.82) is 0 Å². The minimum absolute atomic E-state index is 0.0604. The summed E-state index contributed by atoms with van der Waals surface area (Å²) >= 11 is 3.88. The first-order valence-corrected chi connectivity index (χ1v) is 8.86.